The standard InChI is InChI=1S/C10H23N2O4P/c1-9(2)4-6-16-17(3,15)7-5-10(11)8-12(13)14/h9-10H,4-8,11H2,1-3H3. The summed E-state index contributed by atoms with van der Waals surface area (Å²) in [4.78, 5) is 9.75. The highest BCUT2D eigenvalue weighted by Crippen LogP contribution is 2.43. The molecule has 2 atom stereocenters. The van der Waals surface area contributed by atoms with Gasteiger partial charge in [0.1, 0.15) is 0 Å². The highest BCUT2D eigenvalue weighted by atomic mass is 31.2. The molecule has 0 aromatic carbocycles. The highest BCUT2D eigenvalue weighted by Gasteiger charge is 2.19. The first-order valence-electron chi connectivity index (χ1n) is 5.81. The Kier molecular flexibility index (Phi) is 7.59. The van der Waals surface area contributed by atoms with Crippen LogP contribution >= 0.6 is 7.37 Å². The maximum atomic E-state index is 11.9. The molecule has 0 radical (unpaired) electrons. The molecule has 2 N–H and O–H groups in total. The zero-order chi connectivity index (χ0) is 13.5. The van der Waals surface area contributed by atoms with E-state index in [1.807, 2.05) is 0 Å². The molecule has 0 aliphatic carbocycles. The van der Waals surface area contributed by atoms with Gasteiger partial charge in [-0.25, -0.2) is 0 Å². The first-order valence-corrected chi connectivity index (χ1v) is 8.07. The molecule has 0 rings (SSSR count). The molecule has 17 heavy (non-hydrogen) atoms. The van der Waals surface area contributed by atoms with E-state index in [0.29, 0.717) is 25.1 Å². The average molecular weight is 266 g/mol. The van der Waals surface area contributed by atoms with Gasteiger partial charge in [-0.15, -0.1) is 0 Å². The van der Waals surface area contributed by atoms with Gasteiger partial charge in [0.25, 0.3) is 0 Å². The Morgan fingerprint density at radius 1 is 1.41 bits per heavy atom. The molecule has 6 nitrogen and oxygen atoms in total. The van der Waals surface area contributed by atoms with Crippen molar-refractivity contribution in [3.05, 3.63) is 10.1 Å². The first-order chi connectivity index (χ1) is 7.73. The van der Waals surface area contributed by atoms with E-state index in [0.717, 1.165) is 6.42 Å². The Bertz CT molecular complexity index is 283. The highest BCUT2D eigenvalue weighted by molar-refractivity contribution is 7.58. The van der Waals surface area contributed by atoms with Crippen molar-refractivity contribution >= 4 is 7.37 Å². The third-order valence-corrected chi connectivity index (χ3v) is 4.15. The lowest BCUT2D eigenvalue weighted by molar-refractivity contribution is -0.482. The van der Waals surface area contributed by atoms with Crippen LogP contribution in [0.2, 0.25) is 0 Å². The third kappa shape index (κ3) is 10.4. The van der Waals surface area contributed by atoms with Crippen LogP contribution in [0, 0.1) is 16.0 Å². The molecule has 7 heteroatoms. The monoisotopic (exact) mass is 266 g/mol. The lowest BCUT2D eigenvalue weighted by atomic mass is 10.2. The fourth-order valence-electron chi connectivity index (χ4n) is 1.23. The van der Waals surface area contributed by atoms with Gasteiger partial charge in [-0.05, 0) is 18.8 Å². The number of hydrogen-bond acceptors (Lipinski definition) is 5. The van der Waals surface area contributed by atoms with Gasteiger partial charge in [0.05, 0.1) is 12.6 Å². The molecule has 0 bridgehead atoms. The molecule has 0 saturated carbocycles. The minimum absolute atomic E-state index is 0.286. The second-order valence-corrected chi connectivity index (χ2v) is 7.55. The Balaban J connectivity index is 3.84. The number of rotatable bonds is 9. The maximum absolute atomic E-state index is 11.9. The van der Waals surface area contributed by atoms with Gasteiger partial charge in [-0.3, -0.25) is 14.7 Å². The van der Waals surface area contributed by atoms with Crippen molar-refractivity contribution in [1.82, 2.24) is 0 Å². The predicted octanol–water partition coefficient (Wildman–Crippen LogP) is 1.95. The Morgan fingerprint density at radius 3 is 2.47 bits per heavy atom. The molecule has 102 valence electrons. The number of nitrogens with two attached hydrogens (primary N) is 1. The molecule has 0 aromatic heterocycles. The quantitative estimate of drug-likeness (QED) is 0.391. The van der Waals surface area contributed by atoms with Crippen molar-refractivity contribution in [2.24, 2.45) is 11.7 Å². The number of nitrogens with zero attached hydrogens (tertiary/aromatic N) is 1. The third-order valence-electron chi connectivity index (χ3n) is 2.35. The maximum Gasteiger partial charge on any atom is 0.218 e. The van der Waals surface area contributed by atoms with Crippen LogP contribution in [0.25, 0.3) is 0 Å². The van der Waals surface area contributed by atoms with E-state index in [2.05, 4.69) is 13.8 Å². The van der Waals surface area contributed by atoms with Crippen LogP contribution in [0.1, 0.15) is 26.7 Å². The topological polar surface area (TPSA) is 95.5 Å². The zero-order valence-electron chi connectivity index (χ0n) is 10.8. The van der Waals surface area contributed by atoms with E-state index in [1.165, 1.54) is 0 Å². The minimum atomic E-state index is -2.65. The van der Waals surface area contributed by atoms with E-state index < -0.39 is 18.3 Å². The van der Waals surface area contributed by atoms with Crippen molar-refractivity contribution in [3.8, 4) is 0 Å². The summed E-state index contributed by atoms with van der Waals surface area (Å²) in [7, 11) is -2.65. The Labute approximate surface area is 103 Å². The van der Waals surface area contributed by atoms with E-state index >= 15 is 0 Å². The molecule has 0 aliphatic heterocycles. The van der Waals surface area contributed by atoms with Crippen LogP contribution in [0.15, 0.2) is 0 Å². The molecule has 0 spiro atoms. The lowest BCUT2D eigenvalue weighted by Crippen LogP contribution is -2.30. The van der Waals surface area contributed by atoms with Crippen molar-refractivity contribution in [2.45, 2.75) is 32.7 Å². The molecular weight excluding hydrogens is 243 g/mol. The first kappa shape index (κ1) is 16.6. The van der Waals surface area contributed by atoms with Crippen molar-refractivity contribution in [1.29, 1.82) is 0 Å². The summed E-state index contributed by atoms with van der Waals surface area (Å²) in [6.45, 7) is 5.88. The van der Waals surface area contributed by atoms with Crippen molar-refractivity contribution in [3.63, 3.8) is 0 Å². The summed E-state index contributed by atoms with van der Waals surface area (Å²) in [6, 6.07) is -0.549. The molecule has 0 amide bonds. The normalized spacial score (nSPS) is 16.8. The average Bonchev–Trinajstić information content (AvgIpc) is 2.13. The van der Waals surface area contributed by atoms with Gasteiger partial charge in [0.15, 0.2) is 7.37 Å². The van der Waals surface area contributed by atoms with Gasteiger partial charge < -0.3 is 10.3 Å². The van der Waals surface area contributed by atoms with E-state index in [1.54, 1.807) is 6.66 Å². The van der Waals surface area contributed by atoms with Crippen molar-refractivity contribution < 1.29 is 14.0 Å². The van der Waals surface area contributed by atoms with Crippen LogP contribution in [0.3, 0.4) is 0 Å². The SMILES string of the molecule is CC(C)CCOP(C)(=O)CCC(N)C[N+](=O)[O-]. The fourth-order valence-corrected chi connectivity index (χ4v) is 2.65. The van der Waals surface area contributed by atoms with Gasteiger partial charge in [-0.1, -0.05) is 13.8 Å². The van der Waals surface area contributed by atoms with E-state index in [-0.39, 0.29) is 6.54 Å². The summed E-state index contributed by atoms with van der Waals surface area (Å²) in [5.41, 5.74) is 5.54. The van der Waals surface area contributed by atoms with Crippen LogP contribution in [-0.4, -0.2) is 36.9 Å². The van der Waals surface area contributed by atoms with Gasteiger partial charge in [0.2, 0.25) is 6.54 Å². The molecule has 2 unspecified atom stereocenters. The molecule has 0 fully saturated rings. The predicted molar refractivity (Wildman–Crippen MR) is 68.3 cm³/mol. The van der Waals surface area contributed by atoms with Crippen molar-refractivity contribution in [2.75, 3.05) is 26.0 Å². The van der Waals surface area contributed by atoms with Crippen LogP contribution in [0.4, 0.5) is 0 Å². The number of nitro groups is 1. The van der Waals surface area contributed by atoms with E-state index in [9.17, 15) is 14.7 Å². The van der Waals surface area contributed by atoms with Gasteiger partial charge in [0, 0.05) is 17.8 Å². The second kappa shape index (κ2) is 7.80. The Hall–Kier alpha value is -0.450. The zero-order valence-corrected chi connectivity index (χ0v) is 11.7. The molecule has 0 heterocycles. The summed E-state index contributed by atoms with van der Waals surface area (Å²) >= 11 is 0. The molecule has 0 saturated heterocycles. The fraction of sp³-hybridized carbons (Fsp3) is 1.00. The lowest BCUT2D eigenvalue weighted by Gasteiger charge is -2.16. The van der Waals surface area contributed by atoms with E-state index in [4.69, 9.17) is 10.3 Å². The summed E-state index contributed by atoms with van der Waals surface area (Å²) < 4.78 is 17.3. The summed E-state index contributed by atoms with van der Waals surface area (Å²) in [6.07, 6.45) is 1.52. The smallest absolute Gasteiger partial charge is 0.218 e. The summed E-state index contributed by atoms with van der Waals surface area (Å²) in [5, 5.41) is 10.2. The van der Waals surface area contributed by atoms with Crippen LogP contribution in [-0.2, 0) is 9.09 Å². The Morgan fingerprint density at radius 2 is 2.00 bits per heavy atom. The van der Waals surface area contributed by atoms with Crippen LogP contribution in [0.5, 0.6) is 0 Å². The molecule has 0 aliphatic rings. The molecular formula is C10H23N2O4P. The largest absolute Gasteiger partial charge is 0.329 e. The number of hydrogen-bond donors (Lipinski definition) is 1. The van der Waals surface area contributed by atoms with Gasteiger partial charge in [-0.2, -0.15) is 0 Å². The van der Waals surface area contributed by atoms with Crippen LogP contribution < -0.4 is 5.73 Å². The second-order valence-electron chi connectivity index (χ2n) is 4.82. The minimum Gasteiger partial charge on any atom is -0.329 e. The molecule has 0 aromatic rings. The van der Waals surface area contributed by atoms with Gasteiger partial charge >= 0.3 is 0 Å². The summed E-state index contributed by atoms with van der Waals surface area (Å²) in [5.74, 6) is 0.506.